The van der Waals surface area contributed by atoms with Crippen molar-refractivity contribution in [3.8, 4) is 11.4 Å². The van der Waals surface area contributed by atoms with Gasteiger partial charge in [-0.05, 0) is 64.6 Å². The molecule has 1 aromatic heterocycles. The maximum absolute atomic E-state index is 14.0. The Bertz CT molecular complexity index is 1680. The number of amides is 2. The van der Waals surface area contributed by atoms with Crippen LogP contribution in [0.2, 0.25) is 0 Å². The maximum Gasteiger partial charge on any atom is 0.281 e. The molecule has 5 rings (SSSR count). The number of carbonyl (C=O) groups is 2. The molecule has 7 heteroatoms. The molecule has 2 amide bonds. The molecule has 0 N–H and O–H groups in total. The number of imide groups is 1. The summed E-state index contributed by atoms with van der Waals surface area (Å²) in [5, 5.41) is 1.17. The largest absolute Gasteiger partial charge is 0.281 e. The smallest absolute Gasteiger partial charge is 0.267 e. The van der Waals surface area contributed by atoms with Gasteiger partial charge in [-0.25, -0.2) is 4.98 Å². The van der Waals surface area contributed by atoms with Crippen molar-refractivity contribution in [2.75, 3.05) is 5.01 Å². The summed E-state index contributed by atoms with van der Waals surface area (Å²) in [4.78, 5) is 46.2. The van der Waals surface area contributed by atoms with Crippen LogP contribution in [0.25, 0.3) is 28.4 Å². The van der Waals surface area contributed by atoms with Crippen molar-refractivity contribution in [2.24, 2.45) is 0 Å². The second kappa shape index (κ2) is 10.7. The molecule has 6 nitrogen and oxygen atoms in total. The lowest BCUT2D eigenvalue weighted by Gasteiger charge is -2.24. The van der Waals surface area contributed by atoms with E-state index < -0.39 is 17.4 Å². The highest BCUT2D eigenvalue weighted by atomic mass is 127. The Kier molecular flexibility index (Phi) is 7.04. The van der Waals surface area contributed by atoms with E-state index >= 15 is 0 Å². The Hall–Kier alpha value is -4.37. The van der Waals surface area contributed by atoms with E-state index in [4.69, 9.17) is 4.98 Å². The molecule has 0 spiro atoms. The quantitative estimate of drug-likeness (QED) is 0.193. The zero-order valence-electron chi connectivity index (χ0n) is 19.5. The van der Waals surface area contributed by atoms with Gasteiger partial charge in [0.2, 0.25) is 0 Å². The molecule has 0 atom stereocenters. The molecular formula is C30H20IN3O3. The van der Waals surface area contributed by atoms with Gasteiger partial charge in [-0.15, -0.1) is 0 Å². The number of hydrogen-bond donors (Lipinski definition) is 0. The average Bonchev–Trinajstić information content (AvgIpc) is 2.95. The van der Waals surface area contributed by atoms with Crippen molar-refractivity contribution in [1.82, 2.24) is 9.66 Å². The van der Waals surface area contributed by atoms with E-state index in [2.05, 4.69) is 22.6 Å². The van der Waals surface area contributed by atoms with Crippen molar-refractivity contribution in [3.63, 3.8) is 0 Å². The van der Waals surface area contributed by atoms with Crippen LogP contribution in [-0.4, -0.2) is 21.5 Å². The molecule has 0 radical (unpaired) electrons. The third kappa shape index (κ3) is 5.12. The van der Waals surface area contributed by atoms with Gasteiger partial charge in [-0.3, -0.25) is 14.4 Å². The highest BCUT2D eigenvalue weighted by Crippen LogP contribution is 2.21. The van der Waals surface area contributed by atoms with Gasteiger partial charge in [0.05, 0.1) is 10.9 Å². The first-order valence-electron chi connectivity index (χ1n) is 11.5. The van der Waals surface area contributed by atoms with E-state index in [0.717, 1.165) is 18.8 Å². The predicted octanol–water partition coefficient (Wildman–Crippen LogP) is 5.69. The summed E-state index contributed by atoms with van der Waals surface area (Å²) < 4.78 is 1.92. The molecule has 0 unspecified atom stereocenters. The van der Waals surface area contributed by atoms with E-state index in [1.807, 2.05) is 54.6 Å². The molecule has 5 aromatic rings. The van der Waals surface area contributed by atoms with Crippen LogP contribution in [0.3, 0.4) is 0 Å². The minimum absolute atomic E-state index is 0.185. The molecule has 0 aliphatic carbocycles. The number of halogens is 1. The molecular weight excluding hydrogens is 577 g/mol. The van der Waals surface area contributed by atoms with Crippen molar-refractivity contribution >= 4 is 51.4 Å². The molecule has 0 saturated carbocycles. The van der Waals surface area contributed by atoms with Crippen molar-refractivity contribution in [3.05, 3.63) is 140 Å². The summed E-state index contributed by atoms with van der Waals surface area (Å²) >= 11 is 2.12. The minimum Gasteiger partial charge on any atom is -0.267 e. The maximum atomic E-state index is 14.0. The highest BCUT2D eigenvalue weighted by Gasteiger charge is 2.28. The lowest BCUT2D eigenvalue weighted by molar-refractivity contribution is -0.114. The van der Waals surface area contributed by atoms with Crippen molar-refractivity contribution < 1.29 is 9.59 Å². The number of benzene rings is 4. The zero-order chi connectivity index (χ0) is 25.8. The SMILES string of the molecule is O=C(/C=C/c1ccccc1)N(C(=O)c1ccccc1)n1c(-c2ccccc2)nc2ccc(I)cc2c1=O. The van der Waals surface area contributed by atoms with Crippen LogP contribution < -0.4 is 10.6 Å². The number of aromatic nitrogens is 2. The monoisotopic (exact) mass is 597 g/mol. The van der Waals surface area contributed by atoms with Crippen LogP contribution in [-0.2, 0) is 4.79 Å². The van der Waals surface area contributed by atoms with Gasteiger partial charge < -0.3 is 0 Å². The van der Waals surface area contributed by atoms with E-state index in [9.17, 15) is 14.4 Å². The third-order valence-electron chi connectivity index (χ3n) is 5.68. The minimum atomic E-state index is -0.677. The average molecular weight is 597 g/mol. The summed E-state index contributed by atoms with van der Waals surface area (Å²) in [6, 6.07) is 32.0. The van der Waals surface area contributed by atoms with Crippen LogP contribution in [0.1, 0.15) is 15.9 Å². The first-order chi connectivity index (χ1) is 18.0. The number of hydrogen-bond acceptors (Lipinski definition) is 4. The van der Waals surface area contributed by atoms with Gasteiger partial charge in [-0.1, -0.05) is 78.9 Å². The van der Waals surface area contributed by atoms with Crippen molar-refractivity contribution in [2.45, 2.75) is 0 Å². The Morgan fingerprint density at radius 2 is 1.43 bits per heavy atom. The normalized spacial score (nSPS) is 11.1. The molecule has 180 valence electrons. The summed E-state index contributed by atoms with van der Waals surface area (Å²) in [5.74, 6) is -1.14. The Morgan fingerprint density at radius 3 is 2.11 bits per heavy atom. The van der Waals surface area contributed by atoms with E-state index in [1.165, 1.54) is 6.08 Å². The second-order valence-corrected chi connectivity index (χ2v) is 9.39. The van der Waals surface area contributed by atoms with Gasteiger partial charge in [0, 0.05) is 20.8 Å². The van der Waals surface area contributed by atoms with Crippen LogP contribution >= 0.6 is 22.6 Å². The molecule has 37 heavy (non-hydrogen) atoms. The molecule has 4 aromatic carbocycles. The Balaban J connectivity index is 1.77. The summed E-state index contributed by atoms with van der Waals surface area (Å²) in [5.41, 5.74) is 1.58. The summed E-state index contributed by atoms with van der Waals surface area (Å²) in [6.07, 6.45) is 2.90. The molecule has 0 aliphatic heterocycles. The van der Waals surface area contributed by atoms with Crippen molar-refractivity contribution in [1.29, 1.82) is 0 Å². The Morgan fingerprint density at radius 1 is 0.811 bits per heavy atom. The Labute approximate surface area is 226 Å². The summed E-state index contributed by atoms with van der Waals surface area (Å²) in [6.45, 7) is 0. The van der Waals surface area contributed by atoms with Gasteiger partial charge in [-0.2, -0.15) is 9.69 Å². The predicted molar refractivity (Wildman–Crippen MR) is 154 cm³/mol. The lowest BCUT2D eigenvalue weighted by atomic mass is 10.1. The fourth-order valence-electron chi connectivity index (χ4n) is 3.90. The van der Waals surface area contributed by atoms with Crippen LogP contribution in [0.4, 0.5) is 0 Å². The summed E-state index contributed by atoms with van der Waals surface area (Å²) in [7, 11) is 0. The topological polar surface area (TPSA) is 72.3 Å². The zero-order valence-corrected chi connectivity index (χ0v) is 21.6. The number of carbonyl (C=O) groups excluding carboxylic acids is 2. The molecule has 0 bridgehead atoms. The number of nitrogens with zero attached hydrogens (tertiary/aromatic N) is 3. The van der Waals surface area contributed by atoms with Crippen LogP contribution in [0.15, 0.2) is 120 Å². The fourth-order valence-corrected chi connectivity index (χ4v) is 4.39. The first kappa shape index (κ1) is 24.3. The van der Waals surface area contributed by atoms with E-state index in [-0.39, 0.29) is 11.4 Å². The lowest BCUT2D eigenvalue weighted by Crippen LogP contribution is -2.50. The van der Waals surface area contributed by atoms with Crippen LogP contribution in [0, 0.1) is 3.57 Å². The fraction of sp³-hybridized carbons (Fsp3) is 0. The highest BCUT2D eigenvalue weighted by molar-refractivity contribution is 14.1. The number of rotatable bonds is 5. The molecule has 1 heterocycles. The van der Waals surface area contributed by atoms with E-state index in [0.29, 0.717) is 16.5 Å². The first-order valence-corrected chi connectivity index (χ1v) is 12.6. The third-order valence-corrected chi connectivity index (χ3v) is 6.35. The van der Waals surface area contributed by atoms with Gasteiger partial charge in [0.15, 0.2) is 5.82 Å². The van der Waals surface area contributed by atoms with E-state index in [1.54, 1.807) is 60.7 Å². The second-order valence-electron chi connectivity index (χ2n) is 8.15. The van der Waals surface area contributed by atoms with Crippen LogP contribution in [0.5, 0.6) is 0 Å². The molecule has 0 saturated heterocycles. The van der Waals surface area contributed by atoms with Gasteiger partial charge in [0.1, 0.15) is 0 Å². The molecule has 0 aliphatic rings. The van der Waals surface area contributed by atoms with Gasteiger partial charge in [0.25, 0.3) is 17.4 Å². The standard InChI is InChI=1S/C30H20IN3O3/c31-24-17-18-26-25(20-24)30(37)34(28(32-26)22-12-6-2-7-13-22)33(29(36)23-14-8-3-9-15-23)27(35)19-16-21-10-4-1-5-11-21/h1-20H/b19-16+. The van der Waals surface area contributed by atoms with Gasteiger partial charge >= 0.3 is 0 Å². The molecule has 0 fully saturated rings. The number of fused-ring (bicyclic) bond motifs is 1.